The minimum Gasteiger partial charge on any atom is -0.325 e. The number of carbonyl (C=O) groups excluding carboxylic acids is 1. The molecule has 0 aliphatic carbocycles. The number of fused-ring (bicyclic) bond motifs is 4. The molecule has 2 aliphatic rings. The first-order valence-electron chi connectivity index (χ1n) is 11.7. The molecule has 6 rings (SSSR count). The second-order valence-electron chi connectivity index (χ2n) is 9.27. The number of benzene rings is 1. The quantitative estimate of drug-likeness (QED) is 0.402. The Morgan fingerprint density at radius 3 is 2.61 bits per heavy atom. The third kappa shape index (κ3) is 3.41. The van der Waals surface area contributed by atoms with Crippen molar-refractivity contribution in [2.75, 3.05) is 0 Å². The topological polar surface area (TPSA) is 81.7 Å². The lowest BCUT2D eigenvalue weighted by Gasteiger charge is -2.45. The lowest BCUT2D eigenvalue weighted by molar-refractivity contribution is 0.0385. The molecule has 4 aromatic rings. The van der Waals surface area contributed by atoms with Crippen LogP contribution in [-0.2, 0) is 13.5 Å². The van der Waals surface area contributed by atoms with Crippen LogP contribution in [0.4, 0.5) is 13.2 Å². The third-order valence-electron chi connectivity index (χ3n) is 7.05. The molecule has 0 spiro atoms. The van der Waals surface area contributed by atoms with Crippen molar-refractivity contribution in [2.45, 2.75) is 44.7 Å². The van der Waals surface area contributed by atoms with Crippen molar-refractivity contribution in [3.05, 3.63) is 77.0 Å². The number of halogens is 3. The number of aryl methyl sites for hydroxylation is 2. The number of carbonyl (C=O) groups is 1. The summed E-state index contributed by atoms with van der Waals surface area (Å²) in [6.07, 6.45) is 5.76. The van der Waals surface area contributed by atoms with Gasteiger partial charge < -0.3 is 4.90 Å². The molecule has 3 aromatic heterocycles. The second-order valence-corrected chi connectivity index (χ2v) is 9.27. The molecule has 1 aromatic carbocycles. The smallest absolute Gasteiger partial charge is 0.275 e. The molecule has 0 radical (unpaired) electrons. The molecule has 1 fully saturated rings. The van der Waals surface area contributed by atoms with Crippen LogP contribution in [0.5, 0.6) is 0 Å². The Balaban J connectivity index is 1.45. The van der Waals surface area contributed by atoms with Gasteiger partial charge in [-0.05, 0) is 56.9 Å². The van der Waals surface area contributed by atoms with Crippen LogP contribution < -0.4 is 0 Å². The maximum atomic E-state index is 14.1. The minimum absolute atomic E-state index is 0.146. The second kappa shape index (κ2) is 8.28. The van der Waals surface area contributed by atoms with Gasteiger partial charge in [-0.2, -0.15) is 10.2 Å². The number of piperidine rings is 1. The molecule has 2 aliphatic heterocycles. The van der Waals surface area contributed by atoms with Gasteiger partial charge in [0.2, 0.25) is 0 Å². The number of pyridine rings is 1. The summed E-state index contributed by atoms with van der Waals surface area (Å²) in [7, 11) is 1.69. The summed E-state index contributed by atoms with van der Waals surface area (Å²) in [6.45, 7) is 1.82. The van der Waals surface area contributed by atoms with Gasteiger partial charge in [0.05, 0.1) is 23.1 Å². The Kier molecular flexibility index (Phi) is 5.16. The Bertz CT molecular complexity index is 1470. The molecule has 36 heavy (non-hydrogen) atoms. The molecule has 0 N–H and O–H groups in total. The number of nitrogens with zero attached hydrogens (tertiary/aromatic N) is 7. The highest BCUT2D eigenvalue weighted by molar-refractivity contribution is 5.96. The molecule has 2 bridgehead atoms. The Morgan fingerprint density at radius 2 is 1.89 bits per heavy atom. The zero-order chi connectivity index (χ0) is 25.1. The lowest BCUT2D eigenvalue weighted by atomic mass is 9.81. The molecule has 2 unspecified atom stereocenters. The standard InChI is InChI=1S/C25H22F3N7O/c1-13-6-7-19(34-12-29-11-30-34)23(31-13)25(36)35-15-4-3-5-20(35)22-16(10-15)24(33(2)32-22)14-8-17(26)21(28)18(27)9-14/h6-9,11-12,15,20H,3-5,10H2,1-2H3. The largest absolute Gasteiger partial charge is 0.325 e. The molecule has 8 nitrogen and oxygen atoms in total. The maximum absolute atomic E-state index is 14.1. The monoisotopic (exact) mass is 493 g/mol. The maximum Gasteiger partial charge on any atom is 0.275 e. The van der Waals surface area contributed by atoms with Crippen LogP contribution in [0.25, 0.3) is 16.9 Å². The van der Waals surface area contributed by atoms with Gasteiger partial charge >= 0.3 is 0 Å². The van der Waals surface area contributed by atoms with Crippen molar-refractivity contribution < 1.29 is 18.0 Å². The van der Waals surface area contributed by atoms with Crippen LogP contribution in [0.15, 0.2) is 36.9 Å². The van der Waals surface area contributed by atoms with Gasteiger partial charge in [-0.3, -0.25) is 9.48 Å². The first-order valence-corrected chi connectivity index (χ1v) is 11.7. The minimum atomic E-state index is -1.50. The van der Waals surface area contributed by atoms with Gasteiger partial charge in [0, 0.05) is 29.9 Å². The molecular formula is C25H22F3N7O. The van der Waals surface area contributed by atoms with Crippen molar-refractivity contribution in [1.82, 2.24) is 34.4 Å². The Labute approximate surface area is 204 Å². The van der Waals surface area contributed by atoms with E-state index in [4.69, 9.17) is 0 Å². The van der Waals surface area contributed by atoms with Gasteiger partial charge in [-0.1, -0.05) is 0 Å². The predicted octanol–water partition coefficient (Wildman–Crippen LogP) is 4.08. The number of rotatable bonds is 3. The average molecular weight is 493 g/mol. The van der Waals surface area contributed by atoms with Crippen molar-refractivity contribution in [3.8, 4) is 16.9 Å². The first kappa shape index (κ1) is 22.4. The highest BCUT2D eigenvalue weighted by atomic mass is 19.2. The summed E-state index contributed by atoms with van der Waals surface area (Å²) in [5.41, 5.74) is 3.78. The van der Waals surface area contributed by atoms with Crippen molar-refractivity contribution in [2.24, 2.45) is 7.05 Å². The van der Waals surface area contributed by atoms with E-state index in [2.05, 4.69) is 20.2 Å². The molecule has 5 heterocycles. The van der Waals surface area contributed by atoms with E-state index in [-0.39, 0.29) is 29.2 Å². The molecule has 1 saturated heterocycles. The highest BCUT2D eigenvalue weighted by Gasteiger charge is 2.44. The van der Waals surface area contributed by atoms with Gasteiger partial charge in [0.1, 0.15) is 12.7 Å². The van der Waals surface area contributed by atoms with Crippen molar-refractivity contribution in [1.29, 1.82) is 0 Å². The summed E-state index contributed by atoms with van der Waals surface area (Å²) in [4.78, 5) is 24.4. The van der Waals surface area contributed by atoms with E-state index < -0.39 is 17.5 Å². The SMILES string of the molecule is Cc1ccc(-n2cncn2)c(C(=O)N2C3CCCC2c2nn(C)c(-c4cc(F)c(F)c(F)c4)c2C3)n1. The fourth-order valence-electron chi connectivity index (χ4n) is 5.55. The normalized spacial score (nSPS) is 18.9. The molecule has 2 atom stereocenters. The van der Waals surface area contributed by atoms with E-state index >= 15 is 0 Å². The predicted molar refractivity (Wildman–Crippen MR) is 123 cm³/mol. The summed E-state index contributed by atoms with van der Waals surface area (Å²) in [5.74, 6) is -4.23. The molecule has 184 valence electrons. The van der Waals surface area contributed by atoms with Crippen LogP contribution >= 0.6 is 0 Å². The number of amides is 1. The summed E-state index contributed by atoms with van der Waals surface area (Å²) in [5, 5.41) is 8.85. The zero-order valence-electron chi connectivity index (χ0n) is 19.6. The van der Waals surface area contributed by atoms with Gasteiger partial charge in [0.25, 0.3) is 5.91 Å². The fraction of sp³-hybridized carbons (Fsp3) is 0.320. The number of hydrogen-bond donors (Lipinski definition) is 0. The Morgan fingerprint density at radius 1 is 1.11 bits per heavy atom. The van der Waals surface area contributed by atoms with Crippen molar-refractivity contribution in [3.63, 3.8) is 0 Å². The summed E-state index contributed by atoms with van der Waals surface area (Å²) in [6, 6.07) is 5.13. The third-order valence-corrected chi connectivity index (χ3v) is 7.05. The van der Waals surface area contributed by atoms with E-state index in [0.717, 1.165) is 30.5 Å². The van der Waals surface area contributed by atoms with Gasteiger partial charge in [-0.15, -0.1) is 0 Å². The van der Waals surface area contributed by atoms with Gasteiger partial charge in [0.15, 0.2) is 23.1 Å². The summed E-state index contributed by atoms with van der Waals surface area (Å²) < 4.78 is 44.8. The van der Waals surface area contributed by atoms with Crippen LogP contribution in [0, 0.1) is 24.4 Å². The number of hydrogen-bond acceptors (Lipinski definition) is 5. The molecule has 11 heteroatoms. The Hall–Kier alpha value is -4.02. The molecule has 0 saturated carbocycles. The van der Waals surface area contributed by atoms with E-state index in [1.165, 1.54) is 17.3 Å². The van der Waals surface area contributed by atoms with E-state index in [9.17, 15) is 18.0 Å². The average Bonchev–Trinajstić information content (AvgIpc) is 3.49. The van der Waals surface area contributed by atoms with Crippen LogP contribution in [0.1, 0.15) is 52.7 Å². The summed E-state index contributed by atoms with van der Waals surface area (Å²) >= 11 is 0. The van der Waals surface area contributed by atoms with Crippen LogP contribution in [0.3, 0.4) is 0 Å². The van der Waals surface area contributed by atoms with Crippen LogP contribution in [0.2, 0.25) is 0 Å². The van der Waals surface area contributed by atoms with Crippen LogP contribution in [-0.4, -0.2) is 46.4 Å². The fourth-order valence-corrected chi connectivity index (χ4v) is 5.55. The number of aromatic nitrogens is 6. The highest BCUT2D eigenvalue weighted by Crippen LogP contribution is 2.45. The zero-order valence-corrected chi connectivity index (χ0v) is 19.6. The van der Waals surface area contributed by atoms with E-state index in [0.29, 0.717) is 35.6 Å². The van der Waals surface area contributed by atoms with Crippen molar-refractivity contribution >= 4 is 5.91 Å². The van der Waals surface area contributed by atoms with E-state index in [1.54, 1.807) is 17.8 Å². The lowest BCUT2D eigenvalue weighted by Crippen LogP contribution is -2.50. The first-order chi connectivity index (χ1) is 17.3. The molecule has 1 amide bonds. The molecular weight excluding hydrogens is 471 g/mol. The van der Waals surface area contributed by atoms with Gasteiger partial charge in [-0.25, -0.2) is 27.8 Å². The van der Waals surface area contributed by atoms with E-state index in [1.807, 2.05) is 17.9 Å².